The first kappa shape index (κ1) is 19.8. The van der Waals surface area contributed by atoms with Crippen LogP contribution in [0.25, 0.3) is 0 Å². The van der Waals surface area contributed by atoms with Crippen LogP contribution in [-0.4, -0.2) is 23.3 Å². The van der Waals surface area contributed by atoms with Crippen LogP contribution in [0.3, 0.4) is 0 Å². The third-order valence-corrected chi connectivity index (χ3v) is 4.88. The van der Waals surface area contributed by atoms with Gasteiger partial charge in [0.15, 0.2) is 0 Å². The van der Waals surface area contributed by atoms with E-state index >= 15 is 0 Å². The number of amides is 2. The van der Waals surface area contributed by atoms with Gasteiger partial charge in [-0.1, -0.05) is 42.0 Å². The topological polar surface area (TPSA) is 84.3 Å². The Bertz CT molecular complexity index is 750. The monoisotopic (exact) mass is 373 g/mol. The lowest BCUT2D eigenvalue weighted by atomic mass is 10.1. The zero-order valence-electron chi connectivity index (χ0n) is 14.9. The number of nitro benzene ring substituents is 1. The van der Waals surface area contributed by atoms with E-state index in [-0.39, 0.29) is 17.8 Å². The van der Waals surface area contributed by atoms with Gasteiger partial charge in [-0.15, -0.1) is 0 Å². The first-order valence-corrected chi connectivity index (χ1v) is 9.53. The Labute approximate surface area is 157 Å². The van der Waals surface area contributed by atoms with Gasteiger partial charge in [0.1, 0.15) is 0 Å². The molecule has 2 amide bonds. The van der Waals surface area contributed by atoms with Crippen molar-refractivity contribution in [1.82, 2.24) is 10.6 Å². The summed E-state index contributed by atoms with van der Waals surface area (Å²) in [5.41, 5.74) is 3.23. The van der Waals surface area contributed by atoms with E-state index in [9.17, 15) is 14.9 Å². The third kappa shape index (κ3) is 6.40. The summed E-state index contributed by atoms with van der Waals surface area (Å²) in [7, 11) is 0. The minimum Gasteiger partial charge on any atom is -0.337 e. The molecule has 0 spiro atoms. The summed E-state index contributed by atoms with van der Waals surface area (Å²) in [6, 6.07) is 14.1. The molecule has 2 rings (SSSR count). The van der Waals surface area contributed by atoms with Crippen molar-refractivity contribution < 1.29 is 9.72 Å². The number of urea groups is 1. The van der Waals surface area contributed by atoms with Crippen LogP contribution in [0.4, 0.5) is 10.5 Å². The fourth-order valence-electron chi connectivity index (χ4n) is 2.35. The summed E-state index contributed by atoms with van der Waals surface area (Å²) in [6.45, 7) is 4.42. The van der Waals surface area contributed by atoms with E-state index in [0.717, 1.165) is 11.5 Å². The molecule has 138 valence electrons. The minimum absolute atomic E-state index is 0.0177. The highest BCUT2D eigenvalue weighted by Gasteiger charge is 2.12. The van der Waals surface area contributed by atoms with Crippen molar-refractivity contribution >= 4 is 23.5 Å². The Morgan fingerprint density at radius 1 is 1.23 bits per heavy atom. The number of nitrogens with zero attached hydrogens (tertiary/aromatic N) is 1. The lowest BCUT2D eigenvalue weighted by Crippen LogP contribution is -2.38. The van der Waals surface area contributed by atoms with Crippen molar-refractivity contribution in [3.8, 4) is 0 Å². The van der Waals surface area contributed by atoms with Gasteiger partial charge in [0.25, 0.3) is 5.69 Å². The number of carbonyl (C=O) groups excluding carboxylic acids is 1. The van der Waals surface area contributed by atoms with E-state index in [0.29, 0.717) is 12.1 Å². The van der Waals surface area contributed by atoms with E-state index in [1.807, 2.05) is 0 Å². The zero-order chi connectivity index (χ0) is 18.9. The zero-order valence-corrected chi connectivity index (χ0v) is 15.7. The highest BCUT2D eigenvalue weighted by Crippen LogP contribution is 2.18. The van der Waals surface area contributed by atoms with E-state index in [1.165, 1.54) is 23.3 Å². The smallest absolute Gasteiger partial charge is 0.315 e. The van der Waals surface area contributed by atoms with Crippen LogP contribution in [0.2, 0.25) is 0 Å². The number of nitrogens with one attached hydrogen (secondary N) is 2. The van der Waals surface area contributed by atoms with Gasteiger partial charge in [0.05, 0.1) is 11.0 Å². The van der Waals surface area contributed by atoms with Gasteiger partial charge in [-0.3, -0.25) is 10.1 Å². The molecule has 0 aliphatic carbocycles. The van der Waals surface area contributed by atoms with Gasteiger partial charge in [0.2, 0.25) is 0 Å². The molecule has 0 aromatic heterocycles. The molecule has 1 unspecified atom stereocenters. The molecule has 2 aromatic carbocycles. The molecule has 7 heteroatoms. The SMILES string of the molecule is Cc1ccc(CSCCNC(=O)NC(C)c2cccc([N+](=O)[O-])c2)cc1. The average Bonchev–Trinajstić information content (AvgIpc) is 2.63. The normalized spacial score (nSPS) is 11.6. The van der Waals surface area contributed by atoms with E-state index < -0.39 is 4.92 Å². The van der Waals surface area contributed by atoms with Crippen LogP contribution in [-0.2, 0) is 5.75 Å². The molecule has 0 radical (unpaired) electrons. The Morgan fingerprint density at radius 3 is 2.65 bits per heavy atom. The molecule has 0 aliphatic rings. The standard InChI is InChI=1S/C19H23N3O3S/c1-14-6-8-16(9-7-14)13-26-11-10-20-19(23)21-15(2)17-4-3-5-18(12-17)22(24)25/h3-9,12,15H,10-11,13H2,1-2H3,(H2,20,21,23). The molecule has 0 fully saturated rings. The van der Waals surface area contributed by atoms with Crippen molar-refractivity contribution in [2.24, 2.45) is 0 Å². The van der Waals surface area contributed by atoms with Gasteiger partial charge in [-0.2, -0.15) is 11.8 Å². The lowest BCUT2D eigenvalue weighted by Gasteiger charge is -2.15. The van der Waals surface area contributed by atoms with Crippen molar-refractivity contribution in [3.63, 3.8) is 0 Å². The second-order valence-electron chi connectivity index (χ2n) is 6.01. The number of rotatable bonds is 8. The third-order valence-electron chi connectivity index (χ3n) is 3.85. The van der Waals surface area contributed by atoms with Crippen molar-refractivity contribution in [1.29, 1.82) is 0 Å². The number of carbonyl (C=O) groups is 1. The maximum Gasteiger partial charge on any atom is 0.315 e. The van der Waals surface area contributed by atoms with Gasteiger partial charge in [0, 0.05) is 30.2 Å². The lowest BCUT2D eigenvalue weighted by molar-refractivity contribution is -0.384. The number of benzene rings is 2. The predicted octanol–water partition coefficient (Wildman–Crippen LogP) is 4.20. The van der Waals surface area contributed by atoms with Crippen molar-refractivity contribution in [2.75, 3.05) is 12.3 Å². The summed E-state index contributed by atoms with van der Waals surface area (Å²) >= 11 is 1.76. The summed E-state index contributed by atoms with van der Waals surface area (Å²) in [6.07, 6.45) is 0. The van der Waals surface area contributed by atoms with Gasteiger partial charge < -0.3 is 10.6 Å². The molecule has 0 bridgehead atoms. The van der Waals surface area contributed by atoms with Gasteiger partial charge >= 0.3 is 6.03 Å². The number of hydrogen-bond acceptors (Lipinski definition) is 4. The largest absolute Gasteiger partial charge is 0.337 e. The molecular weight excluding hydrogens is 350 g/mol. The minimum atomic E-state index is -0.443. The van der Waals surface area contributed by atoms with Crippen LogP contribution in [0.5, 0.6) is 0 Å². The molecule has 0 aliphatic heterocycles. The summed E-state index contributed by atoms with van der Waals surface area (Å²) in [4.78, 5) is 22.3. The second kappa shape index (κ2) is 9.82. The Balaban J connectivity index is 1.69. The van der Waals surface area contributed by atoms with E-state index in [4.69, 9.17) is 0 Å². The average molecular weight is 373 g/mol. The molecule has 2 N–H and O–H groups in total. The van der Waals surface area contributed by atoms with Gasteiger partial charge in [-0.25, -0.2) is 4.79 Å². The Hall–Kier alpha value is -2.54. The Morgan fingerprint density at radius 2 is 1.96 bits per heavy atom. The fourth-order valence-corrected chi connectivity index (χ4v) is 3.17. The number of non-ortho nitro benzene ring substituents is 1. The molecular formula is C19H23N3O3S. The molecule has 26 heavy (non-hydrogen) atoms. The van der Waals surface area contributed by atoms with Gasteiger partial charge in [-0.05, 0) is 25.0 Å². The second-order valence-corrected chi connectivity index (χ2v) is 7.12. The van der Waals surface area contributed by atoms with Crippen LogP contribution in [0.15, 0.2) is 48.5 Å². The summed E-state index contributed by atoms with van der Waals surface area (Å²) in [5.74, 6) is 1.72. The van der Waals surface area contributed by atoms with Crippen molar-refractivity contribution in [2.45, 2.75) is 25.6 Å². The molecule has 1 atom stereocenters. The van der Waals surface area contributed by atoms with Crippen molar-refractivity contribution in [3.05, 3.63) is 75.3 Å². The Kier molecular flexibility index (Phi) is 7.47. The highest BCUT2D eigenvalue weighted by atomic mass is 32.2. The number of nitro groups is 1. The molecule has 6 nitrogen and oxygen atoms in total. The van der Waals surface area contributed by atoms with Crippen LogP contribution in [0, 0.1) is 17.0 Å². The first-order valence-electron chi connectivity index (χ1n) is 8.37. The molecule has 0 saturated carbocycles. The summed E-state index contributed by atoms with van der Waals surface area (Å²) in [5, 5.41) is 16.4. The molecule has 2 aromatic rings. The first-order chi connectivity index (χ1) is 12.5. The molecule has 0 heterocycles. The predicted molar refractivity (Wildman–Crippen MR) is 105 cm³/mol. The summed E-state index contributed by atoms with van der Waals surface area (Å²) < 4.78 is 0. The van der Waals surface area contributed by atoms with E-state index in [1.54, 1.807) is 30.8 Å². The number of hydrogen-bond donors (Lipinski definition) is 2. The van der Waals surface area contributed by atoms with Crippen LogP contribution >= 0.6 is 11.8 Å². The maximum absolute atomic E-state index is 12.0. The van der Waals surface area contributed by atoms with Crippen LogP contribution < -0.4 is 10.6 Å². The van der Waals surface area contributed by atoms with E-state index in [2.05, 4.69) is 41.8 Å². The fraction of sp³-hybridized carbons (Fsp3) is 0.316. The molecule has 0 saturated heterocycles. The highest BCUT2D eigenvalue weighted by molar-refractivity contribution is 7.98. The maximum atomic E-state index is 12.0. The quantitative estimate of drug-likeness (QED) is 0.413. The number of thioether (sulfide) groups is 1. The number of aryl methyl sites for hydroxylation is 1. The van der Waals surface area contributed by atoms with Crippen LogP contribution in [0.1, 0.15) is 29.7 Å².